The molecule has 0 aliphatic heterocycles. The van der Waals surface area contributed by atoms with Gasteiger partial charge in [0.1, 0.15) is 11.6 Å². The Balaban J connectivity index is 2.10. The zero-order chi connectivity index (χ0) is 13.0. The first-order chi connectivity index (χ1) is 8.69. The van der Waals surface area contributed by atoms with Crippen molar-refractivity contribution in [2.24, 2.45) is 0 Å². The van der Waals surface area contributed by atoms with E-state index >= 15 is 0 Å². The van der Waals surface area contributed by atoms with Gasteiger partial charge in [0.05, 0.1) is 7.11 Å². The lowest BCUT2D eigenvalue weighted by atomic mass is 10.2. The Hall–Kier alpha value is -2.30. The lowest BCUT2D eigenvalue weighted by Gasteiger charge is -2.17. The smallest absolute Gasteiger partial charge is 0.151 e. The second-order valence-electron chi connectivity index (χ2n) is 4.02. The van der Waals surface area contributed by atoms with Crippen LogP contribution in [0.15, 0.2) is 36.4 Å². The van der Waals surface area contributed by atoms with E-state index in [1.807, 2.05) is 42.3 Å². The van der Waals surface area contributed by atoms with Gasteiger partial charge in [-0.3, -0.25) is 0 Å². The fourth-order valence-electron chi connectivity index (χ4n) is 1.66. The van der Waals surface area contributed by atoms with Crippen LogP contribution in [0.25, 0.3) is 0 Å². The van der Waals surface area contributed by atoms with E-state index in [1.54, 1.807) is 13.2 Å². The van der Waals surface area contributed by atoms with Crippen LogP contribution in [0.4, 0.5) is 11.6 Å². The molecule has 0 saturated carbocycles. The van der Waals surface area contributed by atoms with Crippen molar-refractivity contribution in [2.75, 3.05) is 24.8 Å². The average molecular weight is 244 g/mol. The van der Waals surface area contributed by atoms with Crippen LogP contribution in [0.2, 0.25) is 0 Å². The molecule has 0 atom stereocenters. The van der Waals surface area contributed by atoms with E-state index in [0.29, 0.717) is 5.82 Å². The lowest BCUT2D eigenvalue weighted by Crippen LogP contribution is -2.18. The zero-order valence-corrected chi connectivity index (χ0v) is 10.5. The second-order valence-corrected chi connectivity index (χ2v) is 4.02. The predicted octanol–water partition coefficient (Wildman–Crippen LogP) is 1.70. The number of aromatic nitrogens is 2. The van der Waals surface area contributed by atoms with E-state index < -0.39 is 0 Å². The number of anilines is 2. The molecule has 0 fully saturated rings. The average Bonchev–Trinajstić information content (AvgIpc) is 2.39. The van der Waals surface area contributed by atoms with Crippen LogP contribution in [0.5, 0.6) is 5.75 Å². The molecule has 0 spiro atoms. The highest BCUT2D eigenvalue weighted by Crippen LogP contribution is 2.16. The number of benzene rings is 1. The van der Waals surface area contributed by atoms with Gasteiger partial charge < -0.3 is 15.4 Å². The Morgan fingerprint density at radius 2 is 2.06 bits per heavy atom. The van der Waals surface area contributed by atoms with E-state index in [1.165, 1.54) is 0 Å². The maximum absolute atomic E-state index is 5.51. The minimum absolute atomic E-state index is 0.425. The number of ether oxygens (including phenoxy) is 1. The van der Waals surface area contributed by atoms with Crippen molar-refractivity contribution in [1.82, 2.24) is 10.2 Å². The summed E-state index contributed by atoms with van der Waals surface area (Å²) >= 11 is 0. The number of hydrogen-bond donors (Lipinski definition) is 1. The van der Waals surface area contributed by atoms with E-state index in [9.17, 15) is 0 Å². The van der Waals surface area contributed by atoms with Gasteiger partial charge in [-0.25, -0.2) is 0 Å². The molecule has 0 saturated heterocycles. The van der Waals surface area contributed by atoms with Crippen molar-refractivity contribution in [3.05, 3.63) is 42.0 Å². The molecule has 2 N–H and O–H groups in total. The molecule has 0 radical (unpaired) electrons. The second kappa shape index (κ2) is 5.35. The first kappa shape index (κ1) is 12.2. The van der Waals surface area contributed by atoms with Gasteiger partial charge in [-0.15, -0.1) is 10.2 Å². The van der Waals surface area contributed by atoms with Gasteiger partial charge in [0.25, 0.3) is 0 Å². The molecule has 5 nitrogen and oxygen atoms in total. The third kappa shape index (κ3) is 2.88. The monoisotopic (exact) mass is 244 g/mol. The molecule has 2 aromatic rings. The lowest BCUT2D eigenvalue weighted by molar-refractivity contribution is 0.414. The van der Waals surface area contributed by atoms with E-state index in [4.69, 9.17) is 10.5 Å². The maximum atomic E-state index is 5.51. The summed E-state index contributed by atoms with van der Waals surface area (Å²) in [6.45, 7) is 0.732. The number of nitrogens with zero attached hydrogens (tertiary/aromatic N) is 3. The van der Waals surface area contributed by atoms with Crippen LogP contribution in [0.1, 0.15) is 5.56 Å². The van der Waals surface area contributed by atoms with Gasteiger partial charge in [-0.1, -0.05) is 12.1 Å². The van der Waals surface area contributed by atoms with Gasteiger partial charge >= 0.3 is 0 Å². The molecular formula is C13H16N4O. The van der Waals surface area contributed by atoms with Crippen molar-refractivity contribution in [3.63, 3.8) is 0 Å². The third-order valence-electron chi connectivity index (χ3n) is 2.62. The summed E-state index contributed by atoms with van der Waals surface area (Å²) in [5, 5.41) is 7.87. The molecule has 0 unspecified atom stereocenters. The number of methoxy groups -OCH3 is 1. The van der Waals surface area contributed by atoms with Gasteiger partial charge in [-0.05, 0) is 29.8 Å². The van der Waals surface area contributed by atoms with Crippen LogP contribution in [0.3, 0.4) is 0 Å². The van der Waals surface area contributed by atoms with Crippen molar-refractivity contribution >= 4 is 11.6 Å². The number of nitrogen functional groups attached to an aromatic ring is 1. The number of rotatable bonds is 4. The summed E-state index contributed by atoms with van der Waals surface area (Å²) in [5.41, 5.74) is 6.66. The van der Waals surface area contributed by atoms with Crippen molar-refractivity contribution in [3.8, 4) is 5.75 Å². The van der Waals surface area contributed by atoms with Crippen LogP contribution < -0.4 is 15.4 Å². The Bertz CT molecular complexity index is 513. The first-order valence-electron chi connectivity index (χ1n) is 5.62. The highest BCUT2D eigenvalue weighted by molar-refractivity contribution is 5.42. The summed E-state index contributed by atoms with van der Waals surface area (Å²) in [4.78, 5) is 2.00. The molecule has 5 heteroatoms. The summed E-state index contributed by atoms with van der Waals surface area (Å²) < 4.78 is 5.19. The third-order valence-corrected chi connectivity index (χ3v) is 2.62. The van der Waals surface area contributed by atoms with Gasteiger partial charge in [-0.2, -0.15) is 0 Å². The minimum atomic E-state index is 0.425. The largest absolute Gasteiger partial charge is 0.497 e. The van der Waals surface area contributed by atoms with E-state index in [2.05, 4.69) is 10.2 Å². The standard InChI is InChI=1S/C13H16N4O/c1-17(13-7-6-12(14)15-16-13)9-10-4-3-5-11(8-10)18-2/h3-8H,9H2,1-2H3,(H2,14,15). The van der Waals surface area contributed by atoms with E-state index in [-0.39, 0.29) is 0 Å². The maximum Gasteiger partial charge on any atom is 0.151 e. The molecule has 1 heterocycles. The first-order valence-corrected chi connectivity index (χ1v) is 5.62. The van der Waals surface area contributed by atoms with Gasteiger partial charge in [0.2, 0.25) is 0 Å². The molecular weight excluding hydrogens is 228 g/mol. The van der Waals surface area contributed by atoms with Crippen LogP contribution >= 0.6 is 0 Å². The molecule has 0 amide bonds. The molecule has 0 aliphatic rings. The van der Waals surface area contributed by atoms with Gasteiger partial charge in [0.15, 0.2) is 5.82 Å². The fraction of sp³-hybridized carbons (Fsp3) is 0.231. The van der Waals surface area contributed by atoms with Crippen molar-refractivity contribution in [2.45, 2.75) is 6.54 Å². The number of nitrogens with two attached hydrogens (primary N) is 1. The topological polar surface area (TPSA) is 64.3 Å². The molecule has 1 aromatic carbocycles. The fourth-order valence-corrected chi connectivity index (χ4v) is 1.66. The Morgan fingerprint density at radius 1 is 1.22 bits per heavy atom. The summed E-state index contributed by atoms with van der Waals surface area (Å²) in [7, 11) is 3.62. The molecule has 94 valence electrons. The molecule has 18 heavy (non-hydrogen) atoms. The Labute approximate surface area is 106 Å². The highest BCUT2D eigenvalue weighted by atomic mass is 16.5. The molecule has 0 bridgehead atoms. The SMILES string of the molecule is COc1cccc(CN(C)c2ccc(N)nn2)c1. The molecule has 1 aromatic heterocycles. The van der Waals surface area contributed by atoms with Crippen LogP contribution in [-0.4, -0.2) is 24.4 Å². The molecule has 2 rings (SSSR count). The number of hydrogen-bond acceptors (Lipinski definition) is 5. The van der Waals surface area contributed by atoms with Gasteiger partial charge in [0, 0.05) is 13.6 Å². The van der Waals surface area contributed by atoms with Crippen molar-refractivity contribution < 1.29 is 4.74 Å². The summed E-state index contributed by atoms with van der Waals surface area (Å²) in [6, 6.07) is 11.5. The zero-order valence-electron chi connectivity index (χ0n) is 10.5. The normalized spacial score (nSPS) is 10.1. The quantitative estimate of drug-likeness (QED) is 0.886. The van der Waals surface area contributed by atoms with Crippen molar-refractivity contribution in [1.29, 1.82) is 0 Å². The van der Waals surface area contributed by atoms with E-state index in [0.717, 1.165) is 23.7 Å². The summed E-state index contributed by atoms with van der Waals surface area (Å²) in [5.74, 6) is 2.06. The Morgan fingerprint density at radius 3 is 2.72 bits per heavy atom. The minimum Gasteiger partial charge on any atom is -0.497 e. The van der Waals surface area contributed by atoms with Crippen LogP contribution in [0, 0.1) is 0 Å². The Kier molecular flexibility index (Phi) is 3.62. The summed E-state index contributed by atoms with van der Waals surface area (Å²) in [6.07, 6.45) is 0. The molecule has 0 aliphatic carbocycles. The van der Waals surface area contributed by atoms with Crippen LogP contribution in [-0.2, 0) is 6.54 Å². The highest BCUT2D eigenvalue weighted by Gasteiger charge is 2.04. The predicted molar refractivity (Wildman–Crippen MR) is 71.5 cm³/mol.